The van der Waals surface area contributed by atoms with E-state index in [4.69, 9.17) is 24.7 Å². The number of carbonyl (C=O) groups excluding carboxylic acids is 1. The van der Waals surface area contributed by atoms with Gasteiger partial charge in [0.2, 0.25) is 5.75 Å². The van der Waals surface area contributed by atoms with Crippen LogP contribution in [0, 0.1) is 0 Å². The number of hydrogen-bond acceptors (Lipinski definition) is 7. The molecule has 1 aromatic heterocycles. The Morgan fingerprint density at radius 1 is 0.914 bits per heavy atom. The maximum atomic E-state index is 13.7. The van der Waals surface area contributed by atoms with E-state index in [0.29, 0.717) is 52.0 Å². The van der Waals surface area contributed by atoms with Crippen molar-refractivity contribution < 1.29 is 23.7 Å². The summed E-state index contributed by atoms with van der Waals surface area (Å²) in [6.07, 6.45) is 2.98. The second kappa shape index (κ2) is 11.0. The smallest absolute Gasteiger partial charge is 0.355 e. The Morgan fingerprint density at radius 2 is 1.49 bits per heavy atom. The van der Waals surface area contributed by atoms with Crippen LogP contribution in [0.25, 0.3) is 21.9 Å². The van der Waals surface area contributed by atoms with Crippen molar-refractivity contribution in [1.29, 1.82) is 0 Å². The molecule has 2 N–H and O–H groups in total. The van der Waals surface area contributed by atoms with Gasteiger partial charge in [-0.2, -0.15) is 0 Å². The van der Waals surface area contributed by atoms with Crippen LogP contribution in [-0.2, 0) is 4.74 Å². The Kier molecular flexibility index (Phi) is 8.30. The Bertz CT molecular complexity index is 1260. The molecule has 1 heterocycles. The van der Waals surface area contributed by atoms with Gasteiger partial charge in [0.15, 0.2) is 11.5 Å². The summed E-state index contributed by atoms with van der Waals surface area (Å²) in [5.74, 6) is 0.741. The van der Waals surface area contributed by atoms with E-state index in [0.717, 1.165) is 12.8 Å². The fraction of sp³-hybridized carbons (Fsp3) is 0.385. The van der Waals surface area contributed by atoms with Crippen LogP contribution < -0.4 is 25.5 Å². The van der Waals surface area contributed by atoms with Crippen LogP contribution in [0.2, 0.25) is 0 Å². The zero-order valence-electron chi connectivity index (χ0n) is 20.3. The number of ether oxygens (including phenoxy) is 4. The van der Waals surface area contributed by atoms with Crippen molar-refractivity contribution in [2.75, 3.05) is 28.4 Å². The molecule has 2 aromatic carbocycles. The number of nitrogens with zero attached hydrogens (tertiary/aromatic N) is 1. The molecule has 9 heteroatoms. The monoisotopic (exact) mass is 502 g/mol. The summed E-state index contributed by atoms with van der Waals surface area (Å²) in [5, 5.41) is 1.17. The quantitative estimate of drug-likeness (QED) is 0.500. The maximum Gasteiger partial charge on any atom is 0.355 e. The number of carbonyl (C=O) groups is 1. The molecule has 188 valence electrons. The number of aromatic nitrogens is 1. The van der Waals surface area contributed by atoms with Crippen LogP contribution >= 0.6 is 12.4 Å². The molecule has 1 aliphatic rings. The minimum absolute atomic E-state index is 0. The normalized spacial score (nSPS) is 17.4. The van der Waals surface area contributed by atoms with Crippen molar-refractivity contribution in [2.24, 2.45) is 5.73 Å². The molecule has 1 fully saturated rings. The predicted molar refractivity (Wildman–Crippen MR) is 137 cm³/mol. The Labute approximate surface area is 210 Å². The molecule has 35 heavy (non-hydrogen) atoms. The second-order valence-electron chi connectivity index (χ2n) is 8.42. The standard InChI is InChI=1S/C26H30N2O6.ClH/c1-31-20-13-15(14-21(32-2)24(20)33-3)22-18-7-5-6-8-19(18)25(29)28(23(22)26(30)34-4)17-11-9-16(27)10-12-17;/h5-8,13-14,16-17H,9-12,27H2,1-4H3;1H/t16-,17-;. The molecule has 0 unspecified atom stereocenters. The lowest BCUT2D eigenvalue weighted by Gasteiger charge is -2.30. The summed E-state index contributed by atoms with van der Waals surface area (Å²) in [7, 11) is 5.92. The first-order chi connectivity index (χ1) is 16.4. The predicted octanol–water partition coefficient (Wildman–Crippen LogP) is 4.35. The Balaban J connectivity index is 0.00000342. The first kappa shape index (κ1) is 26.4. The summed E-state index contributed by atoms with van der Waals surface area (Å²) in [4.78, 5) is 27.0. The summed E-state index contributed by atoms with van der Waals surface area (Å²) in [5.41, 5.74) is 7.34. The van der Waals surface area contributed by atoms with Gasteiger partial charge >= 0.3 is 5.97 Å². The molecule has 0 radical (unpaired) electrons. The van der Waals surface area contributed by atoms with Gasteiger partial charge in [0.25, 0.3) is 5.56 Å². The number of hydrogen-bond donors (Lipinski definition) is 1. The molecule has 0 bridgehead atoms. The number of nitrogens with two attached hydrogens (primary N) is 1. The zero-order chi connectivity index (χ0) is 24.4. The second-order valence-corrected chi connectivity index (χ2v) is 8.42. The number of methoxy groups -OCH3 is 4. The minimum atomic E-state index is -0.582. The van der Waals surface area contributed by atoms with E-state index in [2.05, 4.69) is 0 Å². The fourth-order valence-corrected chi connectivity index (χ4v) is 4.89. The summed E-state index contributed by atoms with van der Waals surface area (Å²) in [6, 6.07) is 10.8. The largest absolute Gasteiger partial charge is 0.493 e. The van der Waals surface area contributed by atoms with E-state index in [1.54, 1.807) is 22.8 Å². The highest BCUT2D eigenvalue weighted by Gasteiger charge is 2.30. The molecule has 0 saturated heterocycles. The average Bonchev–Trinajstić information content (AvgIpc) is 2.87. The maximum absolute atomic E-state index is 13.7. The third-order valence-corrected chi connectivity index (χ3v) is 6.56. The fourth-order valence-electron chi connectivity index (χ4n) is 4.89. The van der Waals surface area contributed by atoms with Gasteiger partial charge in [-0.3, -0.25) is 9.36 Å². The van der Waals surface area contributed by atoms with Gasteiger partial charge in [0.05, 0.1) is 28.4 Å². The van der Waals surface area contributed by atoms with Gasteiger partial charge in [-0.15, -0.1) is 12.4 Å². The molecular formula is C26H31ClN2O6. The van der Waals surface area contributed by atoms with Gasteiger partial charge in [-0.1, -0.05) is 18.2 Å². The summed E-state index contributed by atoms with van der Waals surface area (Å²) < 4.78 is 23.4. The average molecular weight is 503 g/mol. The topological polar surface area (TPSA) is 102 Å². The van der Waals surface area contributed by atoms with E-state index in [-0.39, 0.29) is 35.7 Å². The van der Waals surface area contributed by atoms with Crippen molar-refractivity contribution in [3.8, 4) is 28.4 Å². The molecule has 8 nitrogen and oxygen atoms in total. The molecule has 1 saturated carbocycles. The minimum Gasteiger partial charge on any atom is -0.493 e. The van der Waals surface area contributed by atoms with Crippen LogP contribution in [-0.4, -0.2) is 45.0 Å². The molecule has 1 aliphatic carbocycles. The molecule has 0 spiro atoms. The van der Waals surface area contributed by atoms with E-state index in [9.17, 15) is 9.59 Å². The first-order valence-corrected chi connectivity index (χ1v) is 11.3. The third-order valence-electron chi connectivity index (χ3n) is 6.56. The van der Waals surface area contributed by atoms with Gasteiger partial charge < -0.3 is 24.7 Å². The lowest BCUT2D eigenvalue weighted by molar-refractivity contribution is 0.0583. The van der Waals surface area contributed by atoms with Crippen LogP contribution in [0.15, 0.2) is 41.2 Å². The van der Waals surface area contributed by atoms with Gasteiger partial charge in [-0.05, 0) is 54.8 Å². The first-order valence-electron chi connectivity index (χ1n) is 11.3. The van der Waals surface area contributed by atoms with E-state index < -0.39 is 5.97 Å². The van der Waals surface area contributed by atoms with Crippen molar-refractivity contribution in [3.05, 3.63) is 52.4 Å². The highest BCUT2D eigenvalue weighted by Crippen LogP contribution is 2.44. The lowest BCUT2D eigenvalue weighted by Crippen LogP contribution is -2.35. The number of benzene rings is 2. The van der Waals surface area contributed by atoms with E-state index in [1.807, 2.05) is 18.2 Å². The molecule has 0 amide bonds. The third kappa shape index (κ3) is 4.68. The van der Waals surface area contributed by atoms with E-state index in [1.165, 1.54) is 28.4 Å². The molecule has 0 aliphatic heterocycles. The van der Waals surface area contributed by atoms with Gasteiger partial charge in [-0.25, -0.2) is 4.79 Å². The number of rotatable bonds is 6. The number of pyridine rings is 1. The number of halogens is 1. The van der Waals surface area contributed by atoms with Crippen molar-refractivity contribution in [2.45, 2.75) is 37.8 Å². The van der Waals surface area contributed by atoms with Gasteiger partial charge in [0.1, 0.15) is 5.69 Å². The van der Waals surface area contributed by atoms with Crippen LogP contribution in [0.5, 0.6) is 17.2 Å². The lowest BCUT2D eigenvalue weighted by atomic mass is 9.89. The molecular weight excluding hydrogens is 472 g/mol. The Hall–Kier alpha value is -3.23. The number of esters is 1. The summed E-state index contributed by atoms with van der Waals surface area (Å²) >= 11 is 0. The Morgan fingerprint density at radius 3 is 2.00 bits per heavy atom. The van der Waals surface area contributed by atoms with Crippen molar-refractivity contribution in [3.63, 3.8) is 0 Å². The van der Waals surface area contributed by atoms with Crippen LogP contribution in [0.4, 0.5) is 0 Å². The highest BCUT2D eigenvalue weighted by molar-refractivity contribution is 6.07. The van der Waals surface area contributed by atoms with Gasteiger partial charge in [0, 0.05) is 23.0 Å². The van der Waals surface area contributed by atoms with Crippen molar-refractivity contribution >= 4 is 29.1 Å². The van der Waals surface area contributed by atoms with Crippen LogP contribution in [0.3, 0.4) is 0 Å². The summed E-state index contributed by atoms with van der Waals surface area (Å²) in [6.45, 7) is 0. The SMILES string of the molecule is COC(=O)c1c(-c2cc(OC)c(OC)c(OC)c2)c2ccccc2c(=O)n1[C@H]1CC[C@H](N)CC1.Cl. The zero-order valence-corrected chi connectivity index (χ0v) is 21.1. The van der Waals surface area contributed by atoms with Crippen molar-refractivity contribution in [1.82, 2.24) is 4.57 Å². The molecule has 4 rings (SSSR count). The highest BCUT2D eigenvalue weighted by atomic mass is 35.5. The van der Waals surface area contributed by atoms with Crippen LogP contribution in [0.1, 0.15) is 42.2 Å². The molecule has 3 aromatic rings. The molecule has 0 atom stereocenters. The van der Waals surface area contributed by atoms with E-state index >= 15 is 0 Å². The number of fused-ring (bicyclic) bond motifs is 1.